The van der Waals surface area contributed by atoms with Crippen LogP contribution in [0.4, 0.5) is 23.7 Å². The van der Waals surface area contributed by atoms with E-state index in [2.05, 4.69) is 9.47 Å². The van der Waals surface area contributed by atoms with Crippen LogP contribution in [0.15, 0.2) is 24.3 Å². The van der Waals surface area contributed by atoms with Gasteiger partial charge in [0.25, 0.3) is 0 Å². The number of anilines is 1. The normalized spacial score (nSPS) is 12.5. The summed E-state index contributed by atoms with van der Waals surface area (Å²) in [7, 11) is 1.30. The number of hydrogen-bond acceptors (Lipinski definition) is 5. The summed E-state index contributed by atoms with van der Waals surface area (Å²) in [5.41, 5.74) is 4.60. The van der Waals surface area contributed by atoms with Crippen LogP contribution in [0.2, 0.25) is 0 Å². The Kier molecular flexibility index (Phi) is 5.75. The summed E-state index contributed by atoms with van der Waals surface area (Å²) in [4.78, 5) is 23.6. The van der Waals surface area contributed by atoms with Gasteiger partial charge in [-0.15, -0.1) is 0 Å². The largest absolute Gasteiger partial charge is 0.427 e. The number of nitrogens with two attached hydrogens (primary N) is 1. The van der Waals surface area contributed by atoms with Gasteiger partial charge in [-0.2, -0.15) is 13.2 Å². The van der Waals surface area contributed by atoms with Gasteiger partial charge in [-0.1, -0.05) is 0 Å². The van der Waals surface area contributed by atoms with E-state index >= 15 is 0 Å². The predicted octanol–water partition coefficient (Wildman–Crippen LogP) is 2.13. The highest BCUT2D eigenvalue weighted by molar-refractivity contribution is 5.87. The van der Waals surface area contributed by atoms with Crippen molar-refractivity contribution in [2.45, 2.75) is 19.1 Å². The molecule has 0 aliphatic heterocycles. The quantitative estimate of drug-likeness (QED) is 0.679. The van der Waals surface area contributed by atoms with E-state index in [1.165, 1.54) is 14.0 Å². The van der Waals surface area contributed by atoms with Crippen molar-refractivity contribution < 1.29 is 32.2 Å². The van der Waals surface area contributed by atoms with Gasteiger partial charge in [-0.05, 0) is 31.2 Å². The van der Waals surface area contributed by atoms with Gasteiger partial charge >= 0.3 is 18.2 Å². The SMILES string of the molecule is C[C@H](N)C(=O)OCOC(=O)N(C)c1ccc(C(F)(F)F)cc1. The first-order chi connectivity index (χ1) is 10.1. The minimum atomic E-state index is -4.45. The molecule has 2 N–H and O–H groups in total. The number of ether oxygens (including phenoxy) is 2. The Balaban J connectivity index is 2.58. The number of hydrogen-bond donors (Lipinski definition) is 1. The van der Waals surface area contributed by atoms with Crippen LogP contribution in [0, 0.1) is 0 Å². The summed E-state index contributed by atoms with van der Waals surface area (Å²) < 4.78 is 46.5. The Morgan fingerprint density at radius 2 is 1.77 bits per heavy atom. The fraction of sp³-hybridized carbons (Fsp3) is 0.385. The van der Waals surface area contributed by atoms with Crippen molar-refractivity contribution in [2.75, 3.05) is 18.7 Å². The van der Waals surface area contributed by atoms with Gasteiger partial charge in [0.1, 0.15) is 6.04 Å². The molecular formula is C13H15F3N2O4. The Morgan fingerprint density at radius 3 is 2.23 bits per heavy atom. The summed E-state index contributed by atoms with van der Waals surface area (Å²) in [5.74, 6) is -0.745. The molecular weight excluding hydrogens is 305 g/mol. The van der Waals surface area contributed by atoms with Gasteiger partial charge < -0.3 is 15.2 Å². The van der Waals surface area contributed by atoms with Crippen LogP contribution in [0.25, 0.3) is 0 Å². The minimum absolute atomic E-state index is 0.191. The zero-order chi connectivity index (χ0) is 16.9. The van der Waals surface area contributed by atoms with Crippen LogP contribution in [-0.2, 0) is 20.4 Å². The third kappa shape index (κ3) is 4.92. The molecule has 0 saturated carbocycles. The molecule has 1 amide bonds. The maximum absolute atomic E-state index is 12.4. The Morgan fingerprint density at radius 1 is 1.23 bits per heavy atom. The lowest BCUT2D eigenvalue weighted by Crippen LogP contribution is -2.32. The fourth-order valence-electron chi connectivity index (χ4n) is 1.35. The molecule has 1 aromatic rings. The topological polar surface area (TPSA) is 81.9 Å². The lowest BCUT2D eigenvalue weighted by atomic mass is 10.2. The van der Waals surface area contributed by atoms with Crippen LogP contribution in [0.1, 0.15) is 12.5 Å². The third-order valence-electron chi connectivity index (χ3n) is 2.61. The van der Waals surface area contributed by atoms with Crippen LogP contribution >= 0.6 is 0 Å². The Hall–Kier alpha value is -2.29. The van der Waals surface area contributed by atoms with Gasteiger partial charge in [-0.3, -0.25) is 9.69 Å². The molecule has 0 saturated heterocycles. The van der Waals surface area contributed by atoms with Crippen LogP contribution in [-0.4, -0.2) is 31.9 Å². The molecule has 1 rings (SSSR count). The number of esters is 1. The summed E-state index contributed by atoms with van der Waals surface area (Å²) in [6.07, 6.45) is -5.35. The van der Waals surface area contributed by atoms with Crippen molar-refractivity contribution >= 4 is 17.7 Å². The minimum Gasteiger partial charge on any atom is -0.427 e. The molecule has 1 atom stereocenters. The molecule has 6 nitrogen and oxygen atoms in total. The number of benzene rings is 1. The monoisotopic (exact) mass is 320 g/mol. The maximum atomic E-state index is 12.4. The maximum Gasteiger partial charge on any atom is 0.416 e. The molecule has 0 spiro atoms. The van der Waals surface area contributed by atoms with E-state index in [0.717, 1.165) is 29.2 Å². The summed E-state index contributed by atoms with van der Waals surface area (Å²) in [6, 6.07) is 3.08. The molecule has 9 heteroatoms. The average Bonchev–Trinajstić information content (AvgIpc) is 2.45. The lowest BCUT2D eigenvalue weighted by Gasteiger charge is -2.18. The number of alkyl halides is 3. The van der Waals surface area contributed by atoms with Crippen LogP contribution in [0.3, 0.4) is 0 Å². The zero-order valence-electron chi connectivity index (χ0n) is 11.9. The molecule has 0 unspecified atom stereocenters. The van der Waals surface area contributed by atoms with Crippen molar-refractivity contribution in [1.29, 1.82) is 0 Å². The van der Waals surface area contributed by atoms with Crippen LogP contribution in [0.5, 0.6) is 0 Å². The second kappa shape index (κ2) is 7.12. The highest BCUT2D eigenvalue weighted by Crippen LogP contribution is 2.30. The molecule has 0 aliphatic rings. The molecule has 1 aromatic carbocycles. The van der Waals surface area contributed by atoms with E-state index in [4.69, 9.17) is 5.73 Å². The van der Waals surface area contributed by atoms with Gasteiger partial charge in [-0.25, -0.2) is 4.79 Å². The van der Waals surface area contributed by atoms with Crippen molar-refractivity contribution in [1.82, 2.24) is 0 Å². The van der Waals surface area contributed by atoms with E-state index in [1.54, 1.807) is 0 Å². The smallest absolute Gasteiger partial charge is 0.416 e. The predicted molar refractivity (Wildman–Crippen MR) is 70.9 cm³/mol. The number of carbonyl (C=O) groups excluding carboxylic acids is 2. The number of rotatable bonds is 4. The van der Waals surface area contributed by atoms with Crippen molar-refractivity contribution in [2.24, 2.45) is 5.73 Å². The van der Waals surface area contributed by atoms with Gasteiger partial charge in [0.15, 0.2) is 0 Å². The highest BCUT2D eigenvalue weighted by Gasteiger charge is 2.30. The highest BCUT2D eigenvalue weighted by atomic mass is 19.4. The number of nitrogens with zero attached hydrogens (tertiary/aromatic N) is 1. The zero-order valence-corrected chi connectivity index (χ0v) is 11.9. The number of carbonyl (C=O) groups is 2. The van der Waals surface area contributed by atoms with Gasteiger partial charge in [0, 0.05) is 12.7 Å². The summed E-state index contributed by atoms with van der Waals surface area (Å²) >= 11 is 0. The van der Waals surface area contributed by atoms with Crippen molar-refractivity contribution in [3.05, 3.63) is 29.8 Å². The first kappa shape index (κ1) is 17.8. The Bertz CT molecular complexity index is 529. The molecule has 122 valence electrons. The molecule has 22 heavy (non-hydrogen) atoms. The molecule has 0 radical (unpaired) electrons. The van der Waals surface area contributed by atoms with E-state index in [-0.39, 0.29) is 5.69 Å². The number of amides is 1. The summed E-state index contributed by atoms with van der Waals surface area (Å²) in [5, 5.41) is 0. The average molecular weight is 320 g/mol. The van der Waals surface area contributed by atoms with Crippen LogP contribution < -0.4 is 10.6 Å². The van der Waals surface area contributed by atoms with Crippen molar-refractivity contribution in [3.63, 3.8) is 0 Å². The standard InChI is InChI=1S/C13H15F3N2O4/c1-8(17)11(19)21-7-22-12(20)18(2)10-5-3-9(4-6-10)13(14,15)16/h3-6,8H,7,17H2,1-2H3/t8-/m0/s1. The van der Waals surface area contributed by atoms with E-state index in [1.807, 2.05) is 0 Å². The molecule has 0 bridgehead atoms. The van der Waals surface area contributed by atoms with E-state index < -0.39 is 36.6 Å². The third-order valence-corrected chi connectivity index (χ3v) is 2.61. The van der Waals surface area contributed by atoms with Crippen molar-refractivity contribution in [3.8, 4) is 0 Å². The number of halogens is 3. The molecule has 0 aliphatic carbocycles. The first-order valence-electron chi connectivity index (χ1n) is 6.13. The second-order valence-corrected chi connectivity index (χ2v) is 4.38. The van der Waals surface area contributed by atoms with E-state index in [9.17, 15) is 22.8 Å². The lowest BCUT2D eigenvalue weighted by molar-refractivity contribution is -0.152. The second-order valence-electron chi connectivity index (χ2n) is 4.38. The Labute approximate surface area is 124 Å². The molecule has 0 aromatic heterocycles. The van der Waals surface area contributed by atoms with E-state index in [0.29, 0.717) is 0 Å². The summed E-state index contributed by atoms with van der Waals surface area (Å²) in [6.45, 7) is 0.767. The fourth-order valence-corrected chi connectivity index (χ4v) is 1.35. The van der Waals surface area contributed by atoms with Gasteiger partial charge in [0.05, 0.1) is 5.56 Å². The molecule has 0 heterocycles. The molecule has 0 fully saturated rings. The van der Waals surface area contributed by atoms with Gasteiger partial charge in [0.2, 0.25) is 6.79 Å². The first-order valence-corrected chi connectivity index (χ1v) is 6.13.